The SMILES string of the molecule is COC(=O)C1(NC(=O)c2ccc(-n3c(C)nc4ccccc4c3=O)cc2)CCCCC1. The summed E-state index contributed by atoms with van der Waals surface area (Å²) in [5.41, 5.74) is 0.554. The standard InChI is InChI=1S/C24H25N3O4/c1-16-25-20-9-5-4-8-19(20)22(29)27(16)18-12-10-17(11-13-18)21(28)26-24(23(30)31-2)14-6-3-7-15-24/h4-5,8-13H,3,6-7,14-15H2,1-2H3,(H,26,28). The summed E-state index contributed by atoms with van der Waals surface area (Å²) >= 11 is 0. The van der Waals surface area contributed by atoms with Crippen LogP contribution in [0.5, 0.6) is 0 Å². The first-order chi connectivity index (χ1) is 14.9. The Labute approximate surface area is 180 Å². The van der Waals surface area contributed by atoms with Crippen LogP contribution in [-0.2, 0) is 9.53 Å². The summed E-state index contributed by atoms with van der Waals surface area (Å²) in [6.45, 7) is 1.78. The number of nitrogens with zero attached hydrogens (tertiary/aromatic N) is 2. The summed E-state index contributed by atoms with van der Waals surface area (Å²) in [5.74, 6) is -0.172. The fourth-order valence-corrected chi connectivity index (χ4v) is 4.33. The van der Waals surface area contributed by atoms with Gasteiger partial charge < -0.3 is 10.1 Å². The maximum atomic E-state index is 13.0. The molecule has 1 saturated carbocycles. The molecule has 1 N–H and O–H groups in total. The number of para-hydroxylation sites is 1. The normalized spacial score (nSPS) is 15.4. The number of esters is 1. The number of hydrogen-bond donors (Lipinski definition) is 1. The number of carbonyl (C=O) groups is 2. The Bertz CT molecular complexity index is 1190. The molecule has 7 heteroatoms. The molecular weight excluding hydrogens is 394 g/mol. The van der Waals surface area contributed by atoms with E-state index in [0.29, 0.717) is 40.8 Å². The van der Waals surface area contributed by atoms with Gasteiger partial charge in [0.2, 0.25) is 0 Å². The average Bonchev–Trinajstić information content (AvgIpc) is 2.79. The lowest BCUT2D eigenvalue weighted by Gasteiger charge is -2.35. The Hall–Kier alpha value is -3.48. The van der Waals surface area contributed by atoms with E-state index < -0.39 is 11.5 Å². The molecule has 0 radical (unpaired) electrons. The summed E-state index contributed by atoms with van der Waals surface area (Å²) in [5, 5.41) is 3.45. The summed E-state index contributed by atoms with van der Waals surface area (Å²) < 4.78 is 6.50. The molecule has 160 valence electrons. The molecule has 1 aliphatic carbocycles. The van der Waals surface area contributed by atoms with Gasteiger partial charge in [-0.3, -0.25) is 14.2 Å². The van der Waals surface area contributed by atoms with Crippen LogP contribution in [0.3, 0.4) is 0 Å². The van der Waals surface area contributed by atoms with Crippen LogP contribution in [0.25, 0.3) is 16.6 Å². The van der Waals surface area contributed by atoms with E-state index in [4.69, 9.17) is 4.74 Å². The van der Waals surface area contributed by atoms with Crippen LogP contribution in [0.4, 0.5) is 0 Å². The third kappa shape index (κ3) is 3.83. The summed E-state index contributed by atoms with van der Waals surface area (Å²) in [4.78, 5) is 42.8. The zero-order chi connectivity index (χ0) is 22.0. The molecule has 1 amide bonds. The van der Waals surface area contributed by atoms with Crippen molar-refractivity contribution in [1.82, 2.24) is 14.9 Å². The van der Waals surface area contributed by atoms with Crippen LogP contribution in [0.2, 0.25) is 0 Å². The molecule has 0 unspecified atom stereocenters. The monoisotopic (exact) mass is 419 g/mol. The lowest BCUT2D eigenvalue weighted by molar-refractivity contribution is -0.149. The molecule has 1 heterocycles. The number of aryl methyl sites for hydroxylation is 1. The van der Waals surface area contributed by atoms with Gasteiger partial charge in [-0.25, -0.2) is 9.78 Å². The highest BCUT2D eigenvalue weighted by Gasteiger charge is 2.42. The van der Waals surface area contributed by atoms with Crippen molar-refractivity contribution in [2.75, 3.05) is 7.11 Å². The topological polar surface area (TPSA) is 90.3 Å². The van der Waals surface area contributed by atoms with Gasteiger partial charge in [-0.15, -0.1) is 0 Å². The van der Waals surface area contributed by atoms with Crippen LogP contribution in [0.15, 0.2) is 53.3 Å². The smallest absolute Gasteiger partial charge is 0.331 e. The van der Waals surface area contributed by atoms with Gasteiger partial charge in [0.15, 0.2) is 0 Å². The van der Waals surface area contributed by atoms with Crippen molar-refractivity contribution in [3.8, 4) is 5.69 Å². The number of benzene rings is 2. The molecular formula is C24H25N3O4. The van der Waals surface area contributed by atoms with Gasteiger partial charge in [-0.2, -0.15) is 0 Å². The highest BCUT2D eigenvalue weighted by atomic mass is 16.5. The Morgan fingerprint density at radius 1 is 1.03 bits per heavy atom. The first-order valence-corrected chi connectivity index (χ1v) is 10.4. The Balaban J connectivity index is 1.63. The molecule has 4 rings (SSSR count). The minimum atomic E-state index is -0.974. The predicted molar refractivity (Wildman–Crippen MR) is 117 cm³/mol. The maximum absolute atomic E-state index is 13.0. The van der Waals surface area contributed by atoms with Gasteiger partial charge in [-0.05, 0) is 56.2 Å². The number of hydrogen-bond acceptors (Lipinski definition) is 5. The second-order valence-corrected chi connectivity index (χ2v) is 7.95. The first kappa shape index (κ1) is 20.8. The minimum absolute atomic E-state index is 0.160. The minimum Gasteiger partial charge on any atom is -0.467 e. The molecule has 0 aliphatic heterocycles. The molecule has 1 aliphatic rings. The van der Waals surface area contributed by atoms with Crippen molar-refractivity contribution in [2.24, 2.45) is 0 Å². The summed E-state index contributed by atoms with van der Waals surface area (Å²) in [7, 11) is 1.34. The third-order valence-electron chi connectivity index (χ3n) is 5.97. The van der Waals surface area contributed by atoms with Crippen LogP contribution in [0.1, 0.15) is 48.3 Å². The number of amides is 1. The lowest BCUT2D eigenvalue weighted by Crippen LogP contribution is -2.56. The number of methoxy groups -OCH3 is 1. The Morgan fingerprint density at radius 3 is 2.39 bits per heavy atom. The van der Waals surface area contributed by atoms with E-state index in [2.05, 4.69) is 10.3 Å². The Morgan fingerprint density at radius 2 is 1.71 bits per heavy atom. The zero-order valence-electron chi connectivity index (χ0n) is 17.7. The molecule has 2 aromatic carbocycles. The molecule has 3 aromatic rings. The van der Waals surface area contributed by atoms with Crippen LogP contribution < -0.4 is 10.9 Å². The molecule has 0 atom stereocenters. The van der Waals surface area contributed by atoms with Crippen molar-refractivity contribution >= 4 is 22.8 Å². The largest absolute Gasteiger partial charge is 0.467 e. The number of nitrogens with one attached hydrogen (secondary N) is 1. The van der Waals surface area contributed by atoms with Crippen LogP contribution >= 0.6 is 0 Å². The third-order valence-corrected chi connectivity index (χ3v) is 5.97. The van der Waals surface area contributed by atoms with E-state index >= 15 is 0 Å². The molecule has 7 nitrogen and oxygen atoms in total. The second-order valence-electron chi connectivity index (χ2n) is 7.95. The number of carbonyl (C=O) groups excluding carboxylic acids is 2. The van der Waals surface area contributed by atoms with Gasteiger partial charge in [0.25, 0.3) is 11.5 Å². The van der Waals surface area contributed by atoms with E-state index in [1.54, 1.807) is 43.3 Å². The number of fused-ring (bicyclic) bond motifs is 1. The molecule has 0 spiro atoms. The van der Waals surface area contributed by atoms with Gasteiger partial charge >= 0.3 is 5.97 Å². The van der Waals surface area contributed by atoms with Crippen molar-refractivity contribution in [3.63, 3.8) is 0 Å². The van der Waals surface area contributed by atoms with Crippen LogP contribution in [-0.4, -0.2) is 34.1 Å². The predicted octanol–water partition coefficient (Wildman–Crippen LogP) is 3.30. The van der Waals surface area contributed by atoms with Crippen molar-refractivity contribution < 1.29 is 14.3 Å². The molecule has 31 heavy (non-hydrogen) atoms. The maximum Gasteiger partial charge on any atom is 0.331 e. The summed E-state index contributed by atoms with van der Waals surface area (Å²) in [6, 6.07) is 13.9. The molecule has 0 bridgehead atoms. The van der Waals surface area contributed by atoms with E-state index in [-0.39, 0.29) is 11.5 Å². The fraction of sp³-hybridized carbons (Fsp3) is 0.333. The lowest BCUT2D eigenvalue weighted by atomic mass is 9.81. The second kappa shape index (κ2) is 8.34. The van der Waals surface area contributed by atoms with Crippen molar-refractivity contribution in [1.29, 1.82) is 0 Å². The molecule has 0 saturated heterocycles. The van der Waals surface area contributed by atoms with E-state index in [0.717, 1.165) is 19.3 Å². The van der Waals surface area contributed by atoms with E-state index in [1.165, 1.54) is 11.7 Å². The summed E-state index contributed by atoms with van der Waals surface area (Å²) in [6.07, 6.45) is 3.91. The number of ether oxygens (including phenoxy) is 1. The van der Waals surface area contributed by atoms with Gasteiger partial charge in [0.05, 0.1) is 23.7 Å². The fourth-order valence-electron chi connectivity index (χ4n) is 4.33. The first-order valence-electron chi connectivity index (χ1n) is 10.4. The highest BCUT2D eigenvalue weighted by molar-refractivity contribution is 5.98. The van der Waals surface area contributed by atoms with Gasteiger partial charge in [0, 0.05) is 5.56 Å². The van der Waals surface area contributed by atoms with Gasteiger partial charge in [-0.1, -0.05) is 31.4 Å². The zero-order valence-corrected chi connectivity index (χ0v) is 17.7. The van der Waals surface area contributed by atoms with Crippen molar-refractivity contribution in [3.05, 3.63) is 70.3 Å². The molecule has 1 fully saturated rings. The highest BCUT2D eigenvalue weighted by Crippen LogP contribution is 2.30. The average molecular weight is 419 g/mol. The van der Waals surface area contributed by atoms with E-state index in [1.807, 2.05) is 12.1 Å². The number of aromatic nitrogens is 2. The van der Waals surface area contributed by atoms with Crippen LogP contribution in [0, 0.1) is 6.92 Å². The molecule has 1 aromatic heterocycles. The van der Waals surface area contributed by atoms with E-state index in [9.17, 15) is 14.4 Å². The number of rotatable bonds is 4. The van der Waals surface area contributed by atoms with Gasteiger partial charge in [0.1, 0.15) is 11.4 Å². The van der Waals surface area contributed by atoms with Crippen molar-refractivity contribution in [2.45, 2.75) is 44.6 Å². The Kier molecular flexibility index (Phi) is 5.59. The quantitative estimate of drug-likeness (QED) is 0.656.